The van der Waals surface area contributed by atoms with Gasteiger partial charge in [0.2, 0.25) is 5.91 Å². The lowest BCUT2D eigenvalue weighted by atomic mass is 9.49. The average molecular weight is 532 g/mol. The van der Waals surface area contributed by atoms with Crippen LogP contribution in [0.3, 0.4) is 0 Å². The monoisotopic (exact) mass is 531 g/mol. The molecule has 37 heavy (non-hydrogen) atoms. The molecule has 1 amide bonds. The van der Waals surface area contributed by atoms with Gasteiger partial charge in [-0.3, -0.25) is 4.79 Å². The Morgan fingerprint density at radius 2 is 1.81 bits per heavy atom. The van der Waals surface area contributed by atoms with Crippen LogP contribution in [-0.2, 0) is 29.5 Å². The number of amides is 1. The zero-order valence-corrected chi connectivity index (χ0v) is 23.4. The third-order valence-corrected chi connectivity index (χ3v) is 11.7. The minimum absolute atomic E-state index is 0.0989. The second-order valence-electron chi connectivity index (χ2n) is 12.5. The van der Waals surface area contributed by atoms with Crippen molar-refractivity contribution in [2.75, 3.05) is 12.3 Å². The summed E-state index contributed by atoms with van der Waals surface area (Å²) >= 11 is 3.56. The lowest BCUT2D eigenvalue weighted by molar-refractivity contribution is -0.118. The summed E-state index contributed by atoms with van der Waals surface area (Å²) in [5, 5.41) is 5.47. The van der Waals surface area contributed by atoms with E-state index in [0.29, 0.717) is 12.3 Å². The van der Waals surface area contributed by atoms with Gasteiger partial charge >= 0.3 is 0 Å². The predicted molar refractivity (Wildman–Crippen MR) is 152 cm³/mol. The van der Waals surface area contributed by atoms with Crippen LogP contribution in [0.4, 0.5) is 0 Å². The largest absolute Gasteiger partial charge is 0.355 e. The first kappa shape index (κ1) is 24.1. The summed E-state index contributed by atoms with van der Waals surface area (Å²) in [4.78, 5) is 26.3. The van der Waals surface area contributed by atoms with Gasteiger partial charge in [-0.05, 0) is 99.0 Å². The second-order valence-corrected chi connectivity index (χ2v) is 14.5. The van der Waals surface area contributed by atoms with Crippen molar-refractivity contribution in [3.05, 3.63) is 52.2 Å². The van der Waals surface area contributed by atoms with E-state index in [1.165, 1.54) is 71.2 Å². The molecule has 4 saturated carbocycles. The number of hydrogen-bond acceptors (Lipinski definition) is 5. The van der Waals surface area contributed by atoms with Crippen molar-refractivity contribution in [3.63, 3.8) is 0 Å². The molecule has 3 aromatic rings. The maximum atomic E-state index is 12.8. The SMILES string of the molecule is C[C@@H]1CCc2c(sc3nc(C45CC6CC(CC(C6)C4)C5)nc(SCC(=O)NCCc4ccccc4)c23)C1. The Balaban J connectivity index is 1.16. The number of carbonyl (C=O) groups excluding carboxylic acids is 1. The maximum absolute atomic E-state index is 12.8. The van der Waals surface area contributed by atoms with E-state index >= 15 is 0 Å². The molecule has 4 fully saturated rings. The van der Waals surface area contributed by atoms with Gasteiger partial charge in [-0.15, -0.1) is 11.3 Å². The highest BCUT2D eigenvalue weighted by Gasteiger charge is 2.53. The van der Waals surface area contributed by atoms with E-state index in [-0.39, 0.29) is 11.3 Å². The van der Waals surface area contributed by atoms with E-state index in [9.17, 15) is 4.79 Å². The Morgan fingerprint density at radius 3 is 2.54 bits per heavy atom. The van der Waals surface area contributed by atoms with E-state index < -0.39 is 0 Å². The highest BCUT2D eigenvalue weighted by molar-refractivity contribution is 8.00. The predicted octanol–water partition coefficient (Wildman–Crippen LogP) is 6.73. The number of rotatable bonds is 7. The molecular weight excluding hydrogens is 494 g/mol. The number of hydrogen-bond donors (Lipinski definition) is 1. The molecule has 0 saturated heterocycles. The Kier molecular flexibility index (Phi) is 6.31. The Bertz CT molecular complexity index is 1280. The summed E-state index contributed by atoms with van der Waals surface area (Å²) in [5.74, 6) is 4.97. The normalized spacial score (nSPS) is 30.0. The Labute approximate surface area is 228 Å². The molecule has 6 heteroatoms. The molecule has 0 radical (unpaired) electrons. The lowest BCUT2D eigenvalue weighted by Gasteiger charge is -2.56. The molecule has 4 bridgehead atoms. The number of aryl methyl sites for hydroxylation is 1. The number of thioether (sulfide) groups is 1. The molecule has 1 atom stereocenters. The molecule has 2 heterocycles. The van der Waals surface area contributed by atoms with Gasteiger partial charge in [-0.1, -0.05) is 49.0 Å². The minimum Gasteiger partial charge on any atom is -0.355 e. The van der Waals surface area contributed by atoms with Crippen molar-refractivity contribution in [3.8, 4) is 0 Å². The number of fused-ring (bicyclic) bond motifs is 3. The minimum atomic E-state index is 0.0989. The first-order chi connectivity index (χ1) is 18.0. The van der Waals surface area contributed by atoms with E-state index in [1.54, 1.807) is 11.8 Å². The van der Waals surface area contributed by atoms with Gasteiger partial charge < -0.3 is 5.32 Å². The van der Waals surface area contributed by atoms with Crippen molar-refractivity contribution in [1.29, 1.82) is 0 Å². The highest BCUT2D eigenvalue weighted by Crippen LogP contribution is 2.60. The molecule has 0 spiro atoms. The van der Waals surface area contributed by atoms with E-state index in [4.69, 9.17) is 9.97 Å². The van der Waals surface area contributed by atoms with Crippen molar-refractivity contribution in [1.82, 2.24) is 15.3 Å². The molecule has 1 aromatic carbocycles. The molecule has 5 aliphatic carbocycles. The van der Waals surface area contributed by atoms with Gasteiger partial charge in [0, 0.05) is 22.2 Å². The standard InChI is InChI=1S/C31H37N3OS2/c1-19-7-8-24-25(11-19)37-29-27(24)28(36-18-26(35)32-10-9-20-5-3-2-4-6-20)33-30(34-29)31-15-21-12-22(16-31)14-23(13-21)17-31/h2-6,19,21-23H,7-18H2,1H3,(H,32,35)/t19-,21?,22?,23?,31?/m1/s1. The van der Waals surface area contributed by atoms with Gasteiger partial charge in [0.1, 0.15) is 15.7 Å². The van der Waals surface area contributed by atoms with Crippen LogP contribution in [0.15, 0.2) is 35.4 Å². The van der Waals surface area contributed by atoms with Crippen LogP contribution in [0.25, 0.3) is 10.2 Å². The van der Waals surface area contributed by atoms with Crippen LogP contribution < -0.4 is 5.32 Å². The number of thiophene rings is 1. The van der Waals surface area contributed by atoms with Crippen LogP contribution in [-0.4, -0.2) is 28.2 Å². The summed E-state index contributed by atoms with van der Waals surface area (Å²) in [6.45, 7) is 3.04. The van der Waals surface area contributed by atoms with Crippen molar-refractivity contribution in [2.45, 2.75) is 81.6 Å². The number of aromatic nitrogens is 2. The summed E-state index contributed by atoms with van der Waals surface area (Å²) < 4.78 is 0. The number of carbonyl (C=O) groups is 1. The van der Waals surface area contributed by atoms with Gasteiger partial charge in [0.15, 0.2) is 0 Å². The first-order valence-electron chi connectivity index (χ1n) is 14.3. The topological polar surface area (TPSA) is 54.9 Å². The molecule has 0 unspecified atom stereocenters. The average Bonchev–Trinajstić information content (AvgIpc) is 3.25. The van der Waals surface area contributed by atoms with E-state index in [0.717, 1.165) is 53.8 Å². The van der Waals surface area contributed by atoms with Crippen LogP contribution in [0, 0.1) is 23.7 Å². The number of benzene rings is 1. The first-order valence-corrected chi connectivity index (χ1v) is 16.1. The zero-order valence-electron chi connectivity index (χ0n) is 21.8. The van der Waals surface area contributed by atoms with Crippen molar-refractivity contribution >= 4 is 39.2 Å². The summed E-state index contributed by atoms with van der Waals surface area (Å²) in [5.41, 5.74) is 2.91. The van der Waals surface area contributed by atoms with Gasteiger partial charge in [-0.2, -0.15) is 0 Å². The smallest absolute Gasteiger partial charge is 0.230 e. The highest BCUT2D eigenvalue weighted by atomic mass is 32.2. The van der Waals surface area contributed by atoms with Crippen LogP contribution in [0.2, 0.25) is 0 Å². The third-order valence-electron chi connectivity index (χ3n) is 9.55. The molecule has 1 N–H and O–H groups in total. The number of nitrogens with one attached hydrogen (secondary N) is 1. The molecule has 2 aromatic heterocycles. The molecule has 194 valence electrons. The number of nitrogens with zero attached hydrogens (tertiary/aromatic N) is 2. The van der Waals surface area contributed by atoms with Crippen LogP contribution >= 0.6 is 23.1 Å². The molecule has 0 aliphatic heterocycles. The van der Waals surface area contributed by atoms with Crippen molar-refractivity contribution in [2.24, 2.45) is 23.7 Å². The molecule has 4 nitrogen and oxygen atoms in total. The van der Waals surface area contributed by atoms with Crippen LogP contribution in [0.1, 0.15) is 73.7 Å². The maximum Gasteiger partial charge on any atom is 0.230 e. The zero-order chi connectivity index (χ0) is 25.0. The molecule has 5 aliphatic rings. The van der Waals surface area contributed by atoms with Gasteiger partial charge in [0.05, 0.1) is 5.75 Å². The molecule has 8 rings (SSSR count). The van der Waals surface area contributed by atoms with E-state index in [2.05, 4.69) is 36.5 Å². The summed E-state index contributed by atoms with van der Waals surface area (Å²) in [7, 11) is 0. The van der Waals surface area contributed by atoms with Gasteiger partial charge in [-0.25, -0.2) is 9.97 Å². The fourth-order valence-corrected chi connectivity index (χ4v) is 10.5. The fraction of sp³-hybridized carbons (Fsp3) is 0.581. The van der Waals surface area contributed by atoms with E-state index in [1.807, 2.05) is 17.4 Å². The fourth-order valence-electron chi connectivity index (χ4n) is 8.21. The van der Waals surface area contributed by atoms with Crippen LogP contribution in [0.5, 0.6) is 0 Å². The summed E-state index contributed by atoms with van der Waals surface area (Å²) in [6, 6.07) is 10.4. The third kappa shape index (κ3) is 4.63. The Hall–Kier alpha value is -1.92. The molecular formula is C31H37N3OS2. The van der Waals surface area contributed by atoms with Gasteiger partial charge in [0.25, 0.3) is 0 Å². The lowest BCUT2D eigenvalue weighted by Crippen LogP contribution is -2.49. The summed E-state index contributed by atoms with van der Waals surface area (Å²) in [6.07, 6.45) is 12.5. The quantitative estimate of drug-likeness (QED) is 0.271. The second kappa shape index (κ2) is 9.68. The van der Waals surface area contributed by atoms with Crippen molar-refractivity contribution < 1.29 is 4.79 Å². The Morgan fingerprint density at radius 1 is 1.08 bits per heavy atom.